The first-order valence-electron chi connectivity index (χ1n) is 6.68. The number of aryl methyl sites for hydroxylation is 1. The van der Waals surface area contributed by atoms with Crippen molar-refractivity contribution in [3.8, 4) is 0 Å². The Balaban J connectivity index is 2.05. The van der Waals surface area contributed by atoms with E-state index in [1.54, 1.807) is 33.0 Å². The highest BCUT2D eigenvalue weighted by atomic mass is 16.5. The minimum atomic E-state index is -0.815. The number of carbonyl (C=O) groups excluding carboxylic acids is 1. The molecular weight excluding hydrogens is 286 g/mol. The topological polar surface area (TPSA) is 109 Å². The van der Waals surface area contributed by atoms with Gasteiger partial charge in [-0.05, 0) is 26.8 Å². The summed E-state index contributed by atoms with van der Waals surface area (Å²) in [6, 6.07) is 1.28. The predicted octanol–water partition coefficient (Wildman–Crippen LogP) is 1.29. The number of carbonyl (C=O) groups is 1. The SMILES string of the molecule is Cc1noc(C(C)(C)NC(=O)Nc2nccc(N(C)C)n2)n1. The molecule has 0 aliphatic rings. The molecule has 118 valence electrons. The van der Waals surface area contributed by atoms with Crippen molar-refractivity contribution in [2.75, 3.05) is 24.3 Å². The fourth-order valence-corrected chi connectivity index (χ4v) is 1.68. The Labute approximate surface area is 128 Å². The maximum absolute atomic E-state index is 12.1. The zero-order valence-electron chi connectivity index (χ0n) is 13.2. The van der Waals surface area contributed by atoms with E-state index < -0.39 is 11.6 Å². The third-order valence-corrected chi connectivity index (χ3v) is 2.81. The Morgan fingerprint density at radius 3 is 2.64 bits per heavy atom. The van der Waals surface area contributed by atoms with E-state index in [1.165, 1.54) is 0 Å². The van der Waals surface area contributed by atoms with Crippen molar-refractivity contribution in [3.63, 3.8) is 0 Å². The lowest BCUT2D eigenvalue weighted by molar-refractivity contribution is 0.228. The number of hydrogen-bond donors (Lipinski definition) is 2. The van der Waals surface area contributed by atoms with Gasteiger partial charge in [-0.2, -0.15) is 9.97 Å². The normalized spacial score (nSPS) is 11.1. The Kier molecular flexibility index (Phi) is 4.25. The molecule has 9 nitrogen and oxygen atoms in total. The summed E-state index contributed by atoms with van der Waals surface area (Å²) in [7, 11) is 3.71. The van der Waals surface area contributed by atoms with Crippen molar-refractivity contribution in [2.24, 2.45) is 0 Å². The predicted molar refractivity (Wildman–Crippen MR) is 80.6 cm³/mol. The molecule has 2 aromatic heterocycles. The first kappa shape index (κ1) is 15.7. The van der Waals surface area contributed by atoms with Crippen molar-refractivity contribution in [1.29, 1.82) is 0 Å². The van der Waals surface area contributed by atoms with E-state index >= 15 is 0 Å². The van der Waals surface area contributed by atoms with Crippen LogP contribution in [0.3, 0.4) is 0 Å². The van der Waals surface area contributed by atoms with Gasteiger partial charge in [-0.25, -0.2) is 9.78 Å². The molecule has 0 saturated heterocycles. The number of amides is 2. The first-order chi connectivity index (χ1) is 10.3. The van der Waals surface area contributed by atoms with Gasteiger partial charge in [-0.15, -0.1) is 0 Å². The molecule has 22 heavy (non-hydrogen) atoms. The lowest BCUT2D eigenvalue weighted by Crippen LogP contribution is -2.43. The van der Waals surface area contributed by atoms with Crippen molar-refractivity contribution in [3.05, 3.63) is 24.0 Å². The number of urea groups is 1. The summed E-state index contributed by atoms with van der Waals surface area (Å²) in [5.41, 5.74) is -0.815. The van der Waals surface area contributed by atoms with Crippen LogP contribution in [0.2, 0.25) is 0 Å². The number of aromatic nitrogens is 4. The third kappa shape index (κ3) is 3.68. The first-order valence-corrected chi connectivity index (χ1v) is 6.68. The molecule has 0 aromatic carbocycles. The van der Waals surface area contributed by atoms with Gasteiger partial charge in [0.2, 0.25) is 5.95 Å². The highest BCUT2D eigenvalue weighted by molar-refractivity contribution is 5.88. The molecule has 0 unspecified atom stereocenters. The molecule has 0 spiro atoms. The Morgan fingerprint density at radius 1 is 1.32 bits per heavy atom. The van der Waals surface area contributed by atoms with Crippen molar-refractivity contribution in [2.45, 2.75) is 26.3 Å². The van der Waals surface area contributed by atoms with Crippen LogP contribution in [-0.2, 0) is 5.54 Å². The summed E-state index contributed by atoms with van der Waals surface area (Å²) in [5, 5.41) is 9.04. The van der Waals surface area contributed by atoms with Crippen molar-refractivity contribution in [1.82, 2.24) is 25.4 Å². The zero-order valence-corrected chi connectivity index (χ0v) is 13.2. The molecule has 9 heteroatoms. The van der Waals surface area contributed by atoms with Crippen LogP contribution in [0, 0.1) is 6.92 Å². The standard InChI is InChI=1S/C13H19N7O2/c1-8-15-10(22-19-8)13(2,3)18-12(21)17-11-14-7-6-9(16-11)20(4)5/h6-7H,1-5H3,(H2,14,16,17,18,21). The van der Waals surface area contributed by atoms with Gasteiger partial charge in [0.1, 0.15) is 11.4 Å². The maximum Gasteiger partial charge on any atom is 0.322 e. The highest BCUT2D eigenvalue weighted by Gasteiger charge is 2.29. The van der Waals surface area contributed by atoms with Crippen LogP contribution in [0.25, 0.3) is 0 Å². The number of hydrogen-bond acceptors (Lipinski definition) is 7. The monoisotopic (exact) mass is 305 g/mol. The van der Waals surface area contributed by atoms with Gasteiger partial charge in [0.15, 0.2) is 5.82 Å². The average molecular weight is 305 g/mol. The fourth-order valence-electron chi connectivity index (χ4n) is 1.68. The minimum Gasteiger partial charge on any atom is -0.363 e. The maximum atomic E-state index is 12.1. The van der Waals surface area contributed by atoms with E-state index in [2.05, 4.69) is 30.7 Å². The molecule has 2 heterocycles. The molecule has 0 saturated carbocycles. The number of anilines is 2. The Hall–Kier alpha value is -2.71. The molecule has 0 aliphatic heterocycles. The van der Waals surface area contributed by atoms with Crippen LogP contribution < -0.4 is 15.5 Å². The van der Waals surface area contributed by atoms with E-state index in [4.69, 9.17) is 4.52 Å². The molecule has 0 aliphatic carbocycles. The summed E-state index contributed by atoms with van der Waals surface area (Å²) < 4.78 is 5.09. The van der Waals surface area contributed by atoms with E-state index in [9.17, 15) is 4.79 Å². The van der Waals surface area contributed by atoms with Gasteiger partial charge in [-0.1, -0.05) is 5.16 Å². The van der Waals surface area contributed by atoms with Gasteiger partial charge in [-0.3, -0.25) is 5.32 Å². The Morgan fingerprint density at radius 2 is 2.05 bits per heavy atom. The second-order valence-corrected chi connectivity index (χ2v) is 5.48. The van der Waals surface area contributed by atoms with E-state index in [0.29, 0.717) is 17.5 Å². The van der Waals surface area contributed by atoms with Crippen molar-refractivity contribution < 1.29 is 9.32 Å². The molecule has 2 rings (SSSR count). The summed E-state index contributed by atoms with van der Waals surface area (Å²) in [4.78, 5) is 26.2. The molecule has 2 amide bonds. The average Bonchev–Trinajstić information content (AvgIpc) is 2.85. The molecular formula is C13H19N7O2. The van der Waals surface area contributed by atoms with Crippen LogP contribution >= 0.6 is 0 Å². The van der Waals surface area contributed by atoms with Crippen LogP contribution in [0.1, 0.15) is 25.6 Å². The highest BCUT2D eigenvalue weighted by Crippen LogP contribution is 2.18. The number of nitrogens with zero attached hydrogens (tertiary/aromatic N) is 5. The summed E-state index contributed by atoms with van der Waals surface area (Å²) >= 11 is 0. The quantitative estimate of drug-likeness (QED) is 0.876. The van der Waals surface area contributed by atoms with Gasteiger partial charge < -0.3 is 14.7 Å². The van der Waals surface area contributed by atoms with Crippen LogP contribution in [0.4, 0.5) is 16.6 Å². The molecule has 0 fully saturated rings. The largest absolute Gasteiger partial charge is 0.363 e. The fraction of sp³-hybridized carbons (Fsp3) is 0.462. The molecule has 0 bridgehead atoms. The Bertz CT molecular complexity index is 666. The van der Waals surface area contributed by atoms with Crippen molar-refractivity contribution >= 4 is 17.8 Å². The number of nitrogens with one attached hydrogen (secondary N) is 2. The van der Waals surface area contributed by atoms with E-state index in [1.807, 2.05) is 19.0 Å². The summed E-state index contributed by atoms with van der Waals surface area (Å²) in [6.45, 7) is 5.23. The zero-order chi connectivity index (χ0) is 16.3. The van der Waals surface area contributed by atoms with Crippen LogP contribution in [0.15, 0.2) is 16.8 Å². The molecule has 0 atom stereocenters. The molecule has 0 radical (unpaired) electrons. The molecule has 2 aromatic rings. The van der Waals surface area contributed by atoms with Gasteiger partial charge in [0.05, 0.1) is 0 Å². The van der Waals surface area contributed by atoms with E-state index in [-0.39, 0.29) is 5.95 Å². The number of rotatable bonds is 4. The molecule has 2 N–H and O–H groups in total. The summed E-state index contributed by atoms with van der Waals surface area (Å²) in [6.07, 6.45) is 1.57. The summed E-state index contributed by atoms with van der Waals surface area (Å²) in [5.74, 6) is 1.73. The second-order valence-electron chi connectivity index (χ2n) is 5.48. The smallest absolute Gasteiger partial charge is 0.322 e. The van der Waals surface area contributed by atoms with Gasteiger partial charge in [0, 0.05) is 20.3 Å². The van der Waals surface area contributed by atoms with E-state index in [0.717, 1.165) is 0 Å². The lowest BCUT2D eigenvalue weighted by Gasteiger charge is -2.21. The minimum absolute atomic E-state index is 0.209. The van der Waals surface area contributed by atoms with Gasteiger partial charge in [0.25, 0.3) is 5.89 Å². The second kappa shape index (κ2) is 5.96. The van der Waals surface area contributed by atoms with Gasteiger partial charge >= 0.3 is 6.03 Å². The third-order valence-electron chi connectivity index (χ3n) is 2.81. The van der Waals surface area contributed by atoms with Crippen LogP contribution in [-0.4, -0.2) is 40.2 Å². The van der Waals surface area contributed by atoms with Crippen LogP contribution in [0.5, 0.6) is 0 Å². The lowest BCUT2D eigenvalue weighted by atomic mass is 10.1.